The maximum atomic E-state index is 11.3. The third-order valence-electron chi connectivity index (χ3n) is 2.21. The van der Waals surface area contributed by atoms with Crippen LogP contribution in [0.2, 0.25) is 0 Å². The molecule has 0 atom stereocenters. The number of para-hydroxylation sites is 1. The van der Waals surface area contributed by atoms with Crippen LogP contribution in [0.4, 0.5) is 11.5 Å². The number of aromatic nitrogens is 2. The molecule has 2 aromatic rings. The van der Waals surface area contributed by atoms with Gasteiger partial charge in [0.15, 0.2) is 5.82 Å². The zero-order valence-electron chi connectivity index (χ0n) is 8.60. The van der Waals surface area contributed by atoms with Gasteiger partial charge in [-0.3, -0.25) is 4.79 Å². The van der Waals surface area contributed by atoms with Crippen LogP contribution in [0.5, 0.6) is 0 Å². The van der Waals surface area contributed by atoms with Crippen molar-refractivity contribution in [3.63, 3.8) is 0 Å². The predicted molar refractivity (Wildman–Crippen MR) is 63.0 cm³/mol. The quantitative estimate of drug-likeness (QED) is 0.667. The Kier molecular flexibility index (Phi) is 2.86. The largest absolute Gasteiger partial charge is 0.398 e. The maximum Gasteiger partial charge on any atom is 0.290 e. The lowest BCUT2D eigenvalue weighted by Gasteiger charge is -2.06. The number of anilines is 2. The normalized spacial score (nSPS) is 10.0. The fourth-order valence-electron chi connectivity index (χ4n) is 1.35. The summed E-state index contributed by atoms with van der Waals surface area (Å²) in [4.78, 5) is 17.8. The van der Waals surface area contributed by atoms with Gasteiger partial charge in [0.25, 0.3) is 5.56 Å². The van der Waals surface area contributed by atoms with Crippen molar-refractivity contribution in [3.05, 3.63) is 52.6 Å². The van der Waals surface area contributed by atoms with Gasteiger partial charge in [-0.05, 0) is 11.6 Å². The van der Waals surface area contributed by atoms with Crippen LogP contribution < -0.4 is 16.6 Å². The highest BCUT2D eigenvalue weighted by Gasteiger charge is 2.01. The molecule has 0 aliphatic heterocycles. The van der Waals surface area contributed by atoms with Gasteiger partial charge in [0.1, 0.15) is 0 Å². The van der Waals surface area contributed by atoms with Crippen LogP contribution in [0.25, 0.3) is 0 Å². The average molecular weight is 216 g/mol. The maximum absolute atomic E-state index is 11.3. The number of nitrogens with zero attached hydrogens (tertiary/aromatic N) is 1. The third kappa shape index (κ3) is 2.20. The van der Waals surface area contributed by atoms with Gasteiger partial charge in [0.2, 0.25) is 0 Å². The van der Waals surface area contributed by atoms with Gasteiger partial charge in [0, 0.05) is 24.6 Å². The SMILES string of the molecule is Nc1ccccc1CNc1ncc[nH]c1=O. The van der Waals surface area contributed by atoms with Gasteiger partial charge >= 0.3 is 0 Å². The Morgan fingerprint density at radius 3 is 2.94 bits per heavy atom. The van der Waals surface area contributed by atoms with E-state index in [2.05, 4.69) is 15.3 Å². The second kappa shape index (κ2) is 4.48. The van der Waals surface area contributed by atoms with E-state index < -0.39 is 0 Å². The Balaban J connectivity index is 2.12. The van der Waals surface area contributed by atoms with Crippen LogP contribution in [-0.4, -0.2) is 9.97 Å². The fraction of sp³-hybridized carbons (Fsp3) is 0.0909. The summed E-state index contributed by atoms with van der Waals surface area (Å²) in [7, 11) is 0. The summed E-state index contributed by atoms with van der Waals surface area (Å²) in [6.07, 6.45) is 3.02. The Labute approximate surface area is 92.3 Å². The molecular weight excluding hydrogens is 204 g/mol. The summed E-state index contributed by atoms with van der Waals surface area (Å²) in [5, 5.41) is 2.94. The smallest absolute Gasteiger partial charge is 0.290 e. The molecule has 0 saturated heterocycles. The van der Waals surface area contributed by atoms with Crippen molar-refractivity contribution in [1.82, 2.24) is 9.97 Å². The van der Waals surface area contributed by atoms with E-state index in [0.29, 0.717) is 18.1 Å². The van der Waals surface area contributed by atoms with Crippen LogP contribution in [0.1, 0.15) is 5.56 Å². The molecule has 0 bridgehead atoms. The van der Waals surface area contributed by atoms with Crippen molar-refractivity contribution in [3.8, 4) is 0 Å². The van der Waals surface area contributed by atoms with Crippen LogP contribution in [0.3, 0.4) is 0 Å². The zero-order valence-corrected chi connectivity index (χ0v) is 8.60. The average Bonchev–Trinajstić information content (AvgIpc) is 2.30. The first-order valence-electron chi connectivity index (χ1n) is 4.88. The lowest BCUT2D eigenvalue weighted by atomic mass is 10.2. The predicted octanol–water partition coefficient (Wildman–Crippen LogP) is 0.964. The highest BCUT2D eigenvalue weighted by Crippen LogP contribution is 2.11. The highest BCUT2D eigenvalue weighted by molar-refractivity contribution is 5.48. The molecule has 4 N–H and O–H groups in total. The molecule has 2 rings (SSSR count). The minimum atomic E-state index is -0.239. The molecule has 5 nitrogen and oxygen atoms in total. The van der Waals surface area contributed by atoms with Crippen molar-refractivity contribution in [2.45, 2.75) is 6.54 Å². The van der Waals surface area contributed by atoms with Crippen molar-refractivity contribution >= 4 is 11.5 Å². The monoisotopic (exact) mass is 216 g/mol. The fourth-order valence-corrected chi connectivity index (χ4v) is 1.35. The van der Waals surface area contributed by atoms with Gasteiger partial charge in [0.05, 0.1) is 0 Å². The van der Waals surface area contributed by atoms with E-state index in [0.717, 1.165) is 5.56 Å². The van der Waals surface area contributed by atoms with E-state index in [1.54, 1.807) is 0 Å². The highest BCUT2D eigenvalue weighted by atomic mass is 16.1. The first-order chi connectivity index (χ1) is 7.77. The number of rotatable bonds is 3. The first kappa shape index (κ1) is 10.2. The summed E-state index contributed by atoms with van der Waals surface area (Å²) in [5.41, 5.74) is 7.17. The molecular formula is C11H12N4O. The molecule has 16 heavy (non-hydrogen) atoms. The van der Waals surface area contributed by atoms with Gasteiger partial charge in [-0.15, -0.1) is 0 Å². The minimum Gasteiger partial charge on any atom is -0.398 e. The molecule has 0 saturated carbocycles. The van der Waals surface area contributed by atoms with E-state index in [9.17, 15) is 4.79 Å². The van der Waals surface area contributed by atoms with E-state index in [1.807, 2.05) is 24.3 Å². The van der Waals surface area contributed by atoms with E-state index >= 15 is 0 Å². The number of nitrogens with two attached hydrogens (primary N) is 1. The molecule has 5 heteroatoms. The number of benzene rings is 1. The molecule has 1 aromatic heterocycles. The van der Waals surface area contributed by atoms with Gasteiger partial charge < -0.3 is 16.0 Å². The van der Waals surface area contributed by atoms with Crippen molar-refractivity contribution in [2.75, 3.05) is 11.1 Å². The van der Waals surface area contributed by atoms with E-state index in [4.69, 9.17) is 5.73 Å². The zero-order chi connectivity index (χ0) is 11.4. The van der Waals surface area contributed by atoms with Crippen molar-refractivity contribution in [2.24, 2.45) is 0 Å². The molecule has 0 aliphatic carbocycles. The Bertz CT molecular complexity index is 535. The Morgan fingerprint density at radius 1 is 1.38 bits per heavy atom. The number of hydrogen-bond donors (Lipinski definition) is 3. The lowest BCUT2D eigenvalue weighted by molar-refractivity contribution is 1.06. The van der Waals surface area contributed by atoms with E-state index in [-0.39, 0.29) is 5.56 Å². The summed E-state index contributed by atoms with van der Waals surface area (Å²) < 4.78 is 0. The number of nitrogens with one attached hydrogen (secondary N) is 2. The Hall–Kier alpha value is -2.30. The number of hydrogen-bond acceptors (Lipinski definition) is 4. The third-order valence-corrected chi connectivity index (χ3v) is 2.21. The van der Waals surface area contributed by atoms with Crippen molar-refractivity contribution < 1.29 is 0 Å². The molecule has 1 aromatic carbocycles. The first-order valence-corrected chi connectivity index (χ1v) is 4.88. The number of aromatic amines is 1. The molecule has 1 heterocycles. The number of nitrogen functional groups attached to an aromatic ring is 1. The molecule has 0 unspecified atom stereocenters. The van der Waals surface area contributed by atoms with Crippen molar-refractivity contribution in [1.29, 1.82) is 0 Å². The molecule has 0 aliphatic rings. The summed E-state index contributed by atoms with van der Waals surface area (Å²) in [6, 6.07) is 7.49. The topological polar surface area (TPSA) is 83.8 Å². The standard InChI is InChI=1S/C11H12N4O/c12-9-4-2-1-3-8(9)7-15-10-11(16)14-6-5-13-10/h1-6H,7,12H2,(H,13,15)(H,14,16). The van der Waals surface area contributed by atoms with E-state index in [1.165, 1.54) is 12.4 Å². The van der Waals surface area contributed by atoms with Crippen LogP contribution in [-0.2, 0) is 6.54 Å². The number of H-pyrrole nitrogens is 1. The second-order valence-corrected chi connectivity index (χ2v) is 3.32. The summed E-state index contributed by atoms with van der Waals surface area (Å²) in [6.45, 7) is 0.479. The second-order valence-electron chi connectivity index (χ2n) is 3.32. The lowest BCUT2D eigenvalue weighted by Crippen LogP contribution is -2.15. The molecule has 82 valence electrons. The Morgan fingerprint density at radius 2 is 2.19 bits per heavy atom. The summed E-state index contributed by atoms with van der Waals surface area (Å²) >= 11 is 0. The minimum absolute atomic E-state index is 0.239. The molecule has 0 amide bonds. The molecule has 0 radical (unpaired) electrons. The summed E-state index contributed by atoms with van der Waals surface area (Å²) in [5.74, 6) is 0.297. The van der Waals surface area contributed by atoms with Crippen LogP contribution in [0.15, 0.2) is 41.5 Å². The molecule has 0 spiro atoms. The van der Waals surface area contributed by atoms with Gasteiger partial charge in [-0.2, -0.15) is 0 Å². The van der Waals surface area contributed by atoms with Crippen LogP contribution >= 0.6 is 0 Å². The molecule has 0 fully saturated rings. The van der Waals surface area contributed by atoms with Crippen LogP contribution in [0, 0.1) is 0 Å². The van der Waals surface area contributed by atoms with Gasteiger partial charge in [-0.1, -0.05) is 18.2 Å². The van der Waals surface area contributed by atoms with Gasteiger partial charge in [-0.25, -0.2) is 4.98 Å².